The predicted molar refractivity (Wildman–Crippen MR) is 96.6 cm³/mol. The fourth-order valence-corrected chi connectivity index (χ4v) is 3.00. The van der Waals surface area contributed by atoms with Gasteiger partial charge < -0.3 is 15.0 Å². The van der Waals surface area contributed by atoms with Gasteiger partial charge in [-0.2, -0.15) is 5.26 Å². The maximum atomic E-state index is 13.5. The number of benzene rings is 1. The molecule has 0 saturated carbocycles. The van der Waals surface area contributed by atoms with Gasteiger partial charge in [0.15, 0.2) is 29.7 Å². The SMILES string of the molecule is N#Cc1nccnc1N1CCC(CNC(=O)COc2ccccc2F)CC1. The van der Waals surface area contributed by atoms with Crippen molar-refractivity contribution >= 4 is 11.7 Å². The molecule has 1 aliphatic heterocycles. The number of nitrogens with one attached hydrogen (secondary N) is 1. The standard InChI is InChI=1S/C19H20FN5O2/c20-15-3-1-2-4-17(15)27-13-18(26)24-12-14-5-9-25(10-6-14)19-16(11-21)22-7-8-23-19/h1-4,7-8,14H,5-6,9-10,12-13H2,(H,24,26). The first-order valence-electron chi connectivity index (χ1n) is 8.77. The number of hydrogen-bond donors (Lipinski definition) is 1. The van der Waals surface area contributed by atoms with Crippen LogP contribution in [0, 0.1) is 23.1 Å². The van der Waals surface area contributed by atoms with E-state index in [4.69, 9.17) is 10.00 Å². The zero-order valence-electron chi connectivity index (χ0n) is 14.8. The summed E-state index contributed by atoms with van der Waals surface area (Å²) in [7, 11) is 0. The molecule has 0 aliphatic carbocycles. The highest BCUT2D eigenvalue weighted by Crippen LogP contribution is 2.23. The van der Waals surface area contributed by atoms with Gasteiger partial charge in [-0.1, -0.05) is 12.1 Å². The summed E-state index contributed by atoms with van der Waals surface area (Å²) in [4.78, 5) is 22.3. The van der Waals surface area contributed by atoms with Crippen LogP contribution in [0.3, 0.4) is 0 Å². The number of rotatable bonds is 6. The molecule has 0 spiro atoms. The Morgan fingerprint density at radius 1 is 1.30 bits per heavy atom. The Bertz CT molecular complexity index is 831. The highest BCUT2D eigenvalue weighted by molar-refractivity contribution is 5.77. The molecule has 0 radical (unpaired) electrons. The van der Waals surface area contributed by atoms with E-state index in [-0.39, 0.29) is 18.3 Å². The van der Waals surface area contributed by atoms with Gasteiger partial charge in [-0.15, -0.1) is 0 Å². The van der Waals surface area contributed by atoms with Crippen LogP contribution in [0.25, 0.3) is 0 Å². The molecule has 140 valence electrons. The summed E-state index contributed by atoms with van der Waals surface area (Å²) in [5.41, 5.74) is 0.328. The minimum absolute atomic E-state index is 0.0678. The minimum atomic E-state index is -0.488. The van der Waals surface area contributed by atoms with Crippen LogP contribution in [0.5, 0.6) is 5.75 Å². The van der Waals surface area contributed by atoms with Gasteiger partial charge in [-0.3, -0.25) is 4.79 Å². The Kier molecular flexibility index (Phi) is 6.15. The monoisotopic (exact) mass is 369 g/mol. The molecule has 8 heteroatoms. The van der Waals surface area contributed by atoms with Gasteiger partial charge in [-0.25, -0.2) is 14.4 Å². The second-order valence-corrected chi connectivity index (χ2v) is 6.29. The van der Waals surface area contributed by atoms with E-state index in [0.29, 0.717) is 24.0 Å². The van der Waals surface area contributed by atoms with E-state index in [1.54, 1.807) is 18.3 Å². The van der Waals surface area contributed by atoms with Crippen LogP contribution in [-0.2, 0) is 4.79 Å². The second kappa shape index (κ2) is 8.94. The van der Waals surface area contributed by atoms with Crippen molar-refractivity contribution < 1.29 is 13.9 Å². The summed E-state index contributed by atoms with van der Waals surface area (Å²) in [6, 6.07) is 8.05. The Morgan fingerprint density at radius 3 is 2.78 bits per heavy atom. The number of aromatic nitrogens is 2. The van der Waals surface area contributed by atoms with Crippen molar-refractivity contribution in [1.82, 2.24) is 15.3 Å². The summed E-state index contributed by atoms with van der Waals surface area (Å²) in [6.07, 6.45) is 4.83. The van der Waals surface area contributed by atoms with E-state index in [1.165, 1.54) is 18.3 Å². The number of ether oxygens (including phenoxy) is 1. The van der Waals surface area contributed by atoms with E-state index in [1.807, 2.05) is 4.90 Å². The van der Waals surface area contributed by atoms with Crippen molar-refractivity contribution in [3.8, 4) is 11.8 Å². The molecule has 7 nitrogen and oxygen atoms in total. The smallest absolute Gasteiger partial charge is 0.257 e. The van der Waals surface area contributed by atoms with Crippen molar-refractivity contribution in [2.45, 2.75) is 12.8 Å². The van der Waals surface area contributed by atoms with Gasteiger partial charge in [0.05, 0.1) is 0 Å². The van der Waals surface area contributed by atoms with Gasteiger partial charge in [0, 0.05) is 32.0 Å². The van der Waals surface area contributed by atoms with Gasteiger partial charge in [0.2, 0.25) is 0 Å². The number of hydrogen-bond acceptors (Lipinski definition) is 6. The van der Waals surface area contributed by atoms with Crippen molar-refractivity contribution in [1.29, 1.82) is 5.26 Å². The van der Waals surface area contributed by atoms with Crippen LogP contribution in [0.1, 0.15) is 18.5 Å². The van der Waals surface area contributed by atoms with Gasteiger partial charge in [0.1, 0.15) is 6.07 Å². The highest BCUT2D eigenvalue weighted by atomic mass is 19.1. The summed E-state index contributed by atoms with van der Waals surface area (Å²) in [5, 5.41) is 12.0. The van der Waals surface area contributed by atoms with Crippen molar-refractivity contribution in [3.05, 3.63) is 48.2 Å². The Labute approximate surface area is 156 Å². The molecule has 1 amide bonds. The molecule has 0 bridgehead atoms. The Hall–Kier alpha value is -3.21. The molecule has 1 aliphatic rings. The molecule has 1 N–H and O–H groups in total. The van der Waals surface area contributed by atoms with Gasteiger partial charge in [-0.05, 0) is 30.9 Å². The highest BCUT2D eigenvalue weighted by Gasteiger charge is 2.22. The van der Waals surface area contributed by atoms with E-state index in [2.05, 4.69) is 21.4 Å². The first-order valence-corrected chi connectivity index (χ1v) is 8.77. The second-order valence-electron chi connectivity index (χ2n) is 6.29. The van der Waals surface area contributed by atoms with Crippen molar-refractivity contribution in [2.75, 3.05) is 31.1 Å². The van der Waals surface area contributed by atoms with Gasteiger partial charge in [0.25, 0.3) is 5.91 Å². The molecular formula is C19H20FN5O2. The lowest BCUT2D eigenvalue weighted by atomic mass is 9.96. The largest absolute Gasteiger partial charge is 0.481 e. The maximum absolute atomic E-state index is 13.5. The molecule has 1 fully saturated rings. The average molecular weight is 369 g/mol. The topological polar surface area (TPSA) is 91.1 Å². The number of carbonyl (C=O) groups is 1. The number of para-hydroxylation sites is 1. The number of amides is 1. The molecular weight excluding hydrogens is 349 g/mol. The average Bonchev–Trinajstić information content (AvgIpc) is 2.72. The number of halogens is 1. The fraction of sp³-hybridized carbons (Fsp3) is 0.368. The van der Waals surface area contributed by atoms with E-state index >= 15 is 0 Å². The number of nitriles is 1. The summed E-state index contributed by atoms with van der Waals surface area (Å²) in [6.45, 7) is 1.82. The lowest BCUT2D eigenvalue weighted by Gasteiger charge is -2.32. The number of piperidine rings is 1. The molecule has 0 unspecified atom stereocenters. The van der Waals surface area contributed by atoms with Crippen LogP contribution < -0.4 is 15.0 Å². The maximum Gasteiger partial charge on any atom is 0.257 e. The van der Waals surface area contributed by atoms with E-state index < -0.39 is 5.82 Å². The Morgan fingerprint density at radius 2 is 2.04 bits per heavy atom. The summed E-state index contributed by atoms with van der Waals surface area (Å²) < 4.78 is 18.7. The van der Waals surface area contributed by atoms with Crippen LogP contribution in [0.15, 0.2) is 36.7 Å². The lowest BCUT2D eigenvalue weighted by Crippen LogP contribution is -2.40. The molecule has 2 aromatic rings. The quantitative estimate of drug-likeness (QED) is 0.836. The van der Waals surface area contributed by atoms with Gasteiger partial charge >= 0.3 is 0 Å². The third-order valence-electron chi connectivity index (χ3n) is 4.48. The number of carbonyl (C=O) groups excluding carboxylic acids is 1. The molecule has 1 aromatic carbocycles. The van der Waals surface area contributed by atoms with E-state index in [0.717, 1.165) is 25.9 Å². The van der Waals surface area contributed by atoms with Crippen LogP contribution in [-0.4, -0.2) is 42.1 Å². The first-order chi connectivity index (χ1) is 13.2. The molecule has 1 aromatic heterocycles. The molecule has 27 heavy (non-hydrogen) atoms. The molecule has 3 rings (SSSR count). The van der Waals surface area contributed by atoms with Crippen molar-refractivity contribution in [2.24, 2.45) is 5.92 Å². The third-order valence-corrected chi connectivity index (χ3v) is 4.48. The van der Waals surface area contributed by atoms with Crippen LogP contribution in [0.2, 0.25) is 0 Å². The predicted octanol–water partition coefficient (Wildman–Crippen LogP) is 1.90. The number of anilines is 1. The summed E-state index contributed by atoms with van der Waals surface area (Å²) >= 11 is 0. The zero-order valence-corrected chi connectivity index (χ0v) is 14.8. The van der Waals surface area contributed by atoms with E-state index in [9.17, 15) is 9.18 Å². The molecule has 1 saturated heterocycles. The minimum Gasteiger partial charge on any atom is -0.481 e. The Balaban J connectivity index is 1.41. The first kappa shape index (κ1) is 18.6. The summed E-state index contributed by atoms with van der Waals surface area (Å²) in [5.74, 6) is 0.250. The van der Waals surface area contributed by atoms with Crippen LogP contribution >= 0.6 is 0 Å². The normalized spacial score (nSPS) is 14.4. The molecule has 2 heterocycles. The third kappa shape index (κ3) is 4.91. The molecule has 0 atom stereocenters. The van der Waals surface area contributed by atoms with Crippen LogP contribution in [0.4, 0.5) is 10.2 Å². The number of nitrogens with zero attached hydrogens (tertiary/aromatic N) is 4. The van der Waals surface area contributed by atoms with Crippen molar-refractivity contribution in [3.63, 3.8) is 0 Å². The zero-order chi connectivity index (χ0) is 19.1. The lowest BCUT2D eigenvalue weighted by molar-refractivity contribution is -0.123. The fourth-order valence-electron chi connectivity index (χ4n) is 3.00.